The summed E-state index contributed by atoms with van der Waals surface area (Å²) in [5.74, 6) is -0.618. The monoisotopic (exact) mass is 865 g/mol. The molecule has 0 saturated heterocycles. The van der Waals surface area contributed by atoms with Gasteiger partial charge >= 0.3 is 6.03 Å². The summed E-state index contributed by atoms with van der Waals surface area (Å²) in [5, 5.41) is 8.36. The maximum atomic E-state index is 12.9. The molecule has 7 N–H and O–H groups in total. The number of carbonyl (C=O) groups is 5. The first-order chi connectivity index (χ1) is 28.4. The Morgan fingerprint density at radius 2 is 1.05 bits per heavy atom. The Morgan fingerprint density at radius 3 is 1.49 bits per heavy atom. The van der Waals surface area contributed by atoms with E-state index in [-0.39, 0.29) is 23.6 Å². The normalized spacial score (nSPS) is 12.7. The zero-order valence-corrected chi connectivity index (χ0v) is 34.4. The number of primary amides is 1. The van der Waals surface area contributed by atoms with Crippen LogP contribution in [0.25, 0.3) is 0 Å². The molecule has 16 heteroatoms. The average Bonchev–Trinajstić information content (AvgIpc) is 4.02. The molecule has 4 aromatic carbocycles. The van der Waals surface area contributed by atoms with Gasteiger partial charge in [-0.25, -0.2) is 4.79 Å². The smallest absolute Gasteiger partial charge is 0.312 e. The summed E-state index contributed by atoms with van der Waals surface area (Å²) in [7, 11) is 0. The topological polar surface area (TPSA) is 180 Å². The maximum absolute atomic E-state index is 12.9. The summed E-state index contributed by atoms with van der Waals surface area (Å²) in [5.41, 5.74) is 18.8. The molecule has 2 aliphatic heterocycles. The van der Waals surface area contributed by atoms with Crippen LogP contribution in [0.2, 0.25) is 8.67 Å². The lowest BCUT2D eigenvalue weighted by Gasteiger charge is -2.16. The van der Waals surface area contributed by atoms with E-state index >= 15 is 0 Å². The van der Waals surface area contributed by atoms with Crippen LogP contribution >= 0.6 is 45.9 Å². The highest BCUT2D eigenvalue weighted by molar-refractivity contribution is 7.18. The van der Waals surface area contributed by atoms with Crippen LogP contribution in [0, 0.1) is 0 Å². The van der Waals surface area contributed by atoms with Crippen molar-refractivity contribution < 1.29 is 24.0 Å². The SMILES string of the molecule is NC(=O)NCc1cccc(CN2Cc3c(NC(=O)c4ccc(Cl)s4)cccc3C2=O)c1.NCc1cccc(CN2Cc3c(NC(=O)c4ccc(Cl)s4)cccc3C2=O)c1. The van der Waals surface area contributed by atoms with Gasteiger partial charge in [0.05, 0.1) is 18.4 Å². The van der Waals surface area contributed by atoms with Gasteiger partial charge < -0.3 is 37.2 Å². The van der Waals surface area contributed by atoms with Crippen molar-refractivity contribution in [1.29, 1.82) is 0 Å². The molecular weight excluding hydrogens is 830 g/mol. The van der Waals surface area contributed by atoms with Crippen molar-refractivity contribution in [1.82, 2.24) is 15.1 Å². The molecule has 12 nitrogen and oxygen atoms in total. The van der Waals surface area contributed by atoms with Gasteiger partial charge in [-0.1, -0.05) is 83.9 Å². The van der Waals surface area contributed by atoms with E-state index in [0.717, 1.165) is 33.4 Å². The number of urea groups is 1. The number of carbonyl (C=O) groups excluding carboxylic acids is 5. The van der Waals surface area contributed by atoms with Gasteiger partial charge in [-0.05, 0) is 70.8 Å². The largest absolute Gasteiger partial charge is 0.352 e. The average molecular weight is 867 g/mol. The Bertz CT molecular complexity index is 2590. The number of nitrogens with zero attached hydrogens (tertiary/aromatic N) is 2. The number of nitrogens with two attached hydrogens (primary N) is 2. The molecule has 0 spiro atoms. The summed E-state index contributed by atoms with van der Waals surface area (Å²) < 4.78 is 1.10. The number of halogens is 2. The van der Waals surface area contributed by atoms with Gasteiger partial charge in [-0.3, -0.25) is 19.2 Å². The highest BCUT2D eigenvalue weighted by atomic mass is 35.5. The molecule has 0 unspecified atom stereocenters. The van der Waals surface area contributed by atoms with Crippen LogP contribution in [0.5, 0.6) is 0 Å². The van der Waals surface area contributed by atoms with Crippen molar-refractivity contribution in [3.05, 3.63) is 172 Å². The van der Waals surface area contributed by atoms with Gasteiger partial charge in [0, 0.05) is 72.9 Å². The van der Waals surface area contributed by atoms with Crippen molar-refractivity contribution in [3.63, 3.8) is 0 Å². The van der Waals surface area contributed by atoms with Crippen molar-refractivity contribution in [2.75, 3.05) is 10.6 Å². The van der Waals surface area contributed by atoms with Gasteiger partial charge in [0.25, 0.3) is 23.6 Å². The van der Waals surface area contributed by atoms with E-state index < -0.39 is 6.03 Å². The van der Waals surface area contributed by atoms with Gasteiger partial charge in [-0.15, -0.1) is 22.7 Å². The Balaban J connectivity index is 0.000000180. The molecular formula is C43H37Cl2N7O5S2. The summed E-state index contributed by atoms with van der Waals surface area (Å²) in [6.07, 6.45) is 0. The highest BCUT2D eigenvalue weighted by Gasteiger charge is 2.31. The van der Waals surface area contributed by atoms with Crippen LogP contribution in [0.4, 0.5) is 16.2 Å². The third kappa shape index (κ3) is 9.82. The second kappa shape index (κ2) is 18.3. The minimum atomic E-state index is -0.588. The molecule has 0 fully saturated rings. The zero-order valence-electron chi connectivity index (χ0n) is 31.3. The second-order valence-electron chi connectivity index (χ2n) is 13.7. The quantitative estimate of drug-likeness (QED) is 0.0875. The second-order valence-corrected chi connectivity index (χ2v) is 17.1. The molecule has 0 atom stereocenters. The molecule has 6 aromatic rings. The Hall–Kier alpha value is -6.03. The van der Waals surface area contributed by atoms with Crippen molar-refractivity contribution in [2.24, 2.45) is 11.5 Å². The molecule has 59 heavy (non-hydrogen) atoms. The number of nitrogens with one attached hydrogen (secondary N) is 3. The van der Waals surface area contributed by atoms with E-state index in [1.807, 2.05) is 54.6 Å². The number of benzene rings is 4. The van der Waals surface area contributed by atoms with Gasteiger partial charge in [0.2, 0.25) is 0 Å². The lowest BCUT2D eigenvalue weighted by Crippen LogP contribution is -2.28. The maximum Gasteiger partial charge on any atom is 0.312 e. The molecule has 0 aliphatic carbocycles. The lowest BCUT2D eigenvalue weighted by molar-refractivity contribution is 0.0759. The highest BCUT2D eigenvalue weighted by Crippen LogP contribution is 2.33. The minimum Gasteiger partial charge on any atom is -0.352 e. The third-order valence-corrected chi connectivity index (χ3v) is 12.1. The van der Waals surface area contributed by atoms with E-state index in [9.17, 15) is 24.0 Å². The molecule has 0 bridgehead atoms. The summed E-state index contributed by atoms with van der Waals surface area (Å²) in [6.45, 7) is 2.52. The van der Waals surface area contributed by atoms with E-state index in [1.165, 1.54) is 22.7 Å². The summed E-state index contributed by atoms with van der Waals surface area (Å²) in [6, 6.07) is 32.4. The van der Waals surface area contributed by atoms with E-state index in [4.69, 9.17) is 34.7 Å². The van der Waals surface area contributed by atoms with Crippen LogP contribution in [0.3, 0.4) is 0 Å². The number of thiophene rings is 2. The molecule has 2 aromatic heterocycles. The van der Waals surface area contributed by atoms with Crippen LogP contribution < -0.4 is 27.4 Å². The summed E-state index contributed by atoms with van der Waals surface area (Å²) >= 11 is 14.3. The van der Waals surface area contributed by atoms with Crippen LogP contribution in [0.1, 0.15) is 73.4 Å². The number of hydrogen-bond acceptors (Lipinski definition) is 8. The zero-order chi connectivity index (χ0) is 41.6. The molecule has 0 saturated carbocycles. The van der Waals surface area contributed by atoms with Gasteiger partial charge in [0.1, 0.15) is 0 Å². The molecule has 2 aliphatic rings. The number of anilines is 2. The number of hydrogen-bond donors (Lipinski definition) is 5. The first kappa shape index (κ1) is 41.1. The first-order valence-corrected chi connectivity index (χ1v) is 20.7. The van der Waals surface area contributed by atoms with E-state index in [0.29, 0.717) is 80.2 Å². The molecule has 4 heterocycles. The van der Waals surface area contributed by atoms with E-state index in [2.05, 4.69) is 16.0 Å². The van der Waals surface area contributed by atoms with Crippen LogP contribution in [-0.4, -0.2) is 39.5 Å². The fourth-order valence-electron chi connectivity index (χ4n) is 6.83. The fraction of sp³-hybridized carbons (Fsp3) is 0.140. The predicted molar refractivity (Wildman–Crippen MR) is 232 cm³/mol. The fourth-order valence-corrected chi connectivity index (χ4v) is 8.71. The Morgan fingerprint density at radius 1 is 0.610 bits per heavy atom. The van der Waals surface area contributed by atoms with Gasteiger partial charge in [0.15, 0.2) is 0 Å². The molecule has 6 amide bonds. The van der Waals surface area contributed by atoms with Crippen molar-refractivity contribution in [3.8, 4) is 0 Å². The van der Waals surface area contributed by atoms with Gasteiger partial charge in [-0.2, -0.15) is 0 Å². The molecule has 0 radical (unpaired) electrons. The van der Waals surface area contributed by atoms with E-state index in [1.54, 1.807) is 64.4 Å². The number of rotatable bonds is 11. The number of amides is 6. The van der Waals surface area contributed by atoms with Crippen molar-refractivity contribution in [2.45, 2.75) is 39.3 Å². The van der Waals surface area contributed by atoms with Crippen LogP contribution in [-0.2, 0) is 39.3 Å². The predicted octanol–water partition coefficient (Wildman–Crippen LogP) is 8.25. The summed E-state index contributed by atoms with van der Waals surface area (Å²) in [4.78, 5) is 66.3. The van der Waals surface area contributed by atoms with Crippen LogP contribution in [0.15, 0.2) is 109 Å². The van der Waals surface area contributed by atoms with Crippen molar-refractivity contribution >= 4 is 86.9 Å². The third-order valence-electron chi connectivity index (χ3n) is 9.61. The Kier molecular flexibility index (Phi) is 12.7. The molecule has 300 valence electrons. The minimum absolute atomic E-state index is 0.0385. The number of fused-ring (bicyclic) bond motifs is 2. The molecule has 8 rings (SSSR count). The lowest BCUT2D eigenvalue weighted by atomic mass is 10.1. The Labute approximate surface area is 357 Å². The first-order valence-electron chi connectivity index (χ1n) is 18.3. The standard InChI is InChI=1S/C22H19ClN4O3S.C21H18ClN3O2S/c23-19-8-7-18(31-19)20(28)26-17-6-2-5-15-16(17)12-27(21(15)29)11-14-4-1-3-13(9-14)10-25-22(24)30;22-19-8-7-18(28-19)20(26)24-17-6-2-5-15-16(17)12-25(21(15)27)11-14-4-1-3-13(9-14)10-23/h1-9H,10-12H2,(H,26,28)(H3,24,25,30);1-9H,10-12,23H2,(H,24,26).